The predicted octanol–water partition coefficient (Wildman–Crippen LogP) is 3.20. The van der Waals surface area contributed by atoms with Crippen molar-refractivity contribution in [3.63, 3.8) is 0 Å². The van der Waals surface area contributed by atoms with Crippen LogP contribution in [-0.2, 0) is 11.2 Å². The van der Waals surface area contributed by atoms with Gasteiger partial charge in [-0.05, 0) is 24.3 Å². The summed E-state index contributed by atoms with van der Waals surface area (Å²) in [6.07, 6.45) is 2.48. The van der Waals surface area contributed by atoms with Gasteiger partial charge < -0.3 is 9.42 Å². The van der Waals surface area contributed by atoms with Crippen molar-refractivity contribution in [3.05, 3.63) is 34.1 Å². The largest absolute Gasteiger partial charge is 0.342 e. The zero-order valence-electron chi connectivity index (χ0n) is 13.0. The maximum Gasteiger partial charge on any atom is 0.231 e. The normalized spacial score (nSPS) is 18.9. The number of thiophene rings is 1. The standard InChI is InChI=1S/C16H21N3O2S/c1-11(2)15-17-16(21-18-15)12-5-3-7-19(10-12)14(20)9-13-6-4-8-22-13/h4,6,8,11-12H,3,5,7,9-10H2,1-2H3. The van der Waals surface area contributed by atoms with Crippen molar-refractivity contribution >= 4 is 17.2 Å². The van der Waals surface area contributed by atoms with Gasteiger partial charge in [-0.15, -0.1) is 11.3 Å². The van der Waals surface area contributed by atoms with E-state index in [4.69, 9.17) is 4.52 Å². The zero-order chi connectivity index (χ0) is 15.5. The van der Waals surface area contributed by atoms with Crippen molar-refractivity contribution in [2.45, 2.75) is 44.9 Å². The smallest absolute Gasteiger partial charge is 0.231 e. The van der Waals surface area contributed by atoms with Gasteiger partial charge in [-0.3, -0.25) is 4.79 Å². The number of likely N-dealkylation sites (tertiary alicyclic amines) is 1. The number of piperidine rings is 1. The first-order chi connectivity index (χ1) is 10.6. The van der Waals surface area contributed by atoms with E-state index in [0.717, 1.165) is 30.1 Å². The van der Waals surface area contributed by atoms with Crippen molar-refractivity contribution in [1.82, 2.24) is 15.0 Å². The summed E-state index contributed by atoms with van der Waals surface area (Å²) in [4.78, 5) is 20.0. The lowest BCUT2D eigenvalue weighted by molar-refractivity contribution is -0.131. The maximum absolute atomic E-state index is 12.4. The molecule has 0 aromatic carbocycles. The van der Waals surface area contributed by atoms with Crippen LogP contribution in [0.5, 0.6) is 0 Å². The third-order valence-corrected chi connectivity index (χ3v) is 4.88. The van der Waals surface area contributed by atoms with Gasteiger partial charge in [0.2, 0.25) is 11.8 Å². The molecule has 1 amide bonds. The summed E-state index contributed by atoms with van der Waals surface area (Å²) in [5, 5.41) is 6.04. The molecule has 2 aromatic rings. The molecule has 0 spiro atoms. The SMILES string of the molecule is CC(C)c1noc(C2CCCN(C(=O)Cc3cccs3)C2)n1. The van der Waals surface area contributed by atoms with Gasteiger partial charge in [0.1, 0.15) is 0 Å². The Balaban J connectivity index is 1.64. The monoisotopic (exact) mass is 319 g/mol. The molecule has 1 saturated heterocycles. The molecule has 1 aliphatic rings. The van der Waals surface area contributed by atoms with Crippen LogP contribution in [0.25, 0.3) is 0 Å². The van der Waals surface area contributed by atoms with Crippen LogP contribution in [0.4, 0.5) is 0 Å². The fourth-order valence-corrected chi connectivity index (χ4v) is 3.42. The second kappa shape index (κ2) is 6.60. The van der Waals surface area contributed by atoms with Gasteiger partial charge in [-0.2, -0.15) is 4.98 Å². The van der Waals surface area contributed by atoms with Crippen LogP contribution in [-0.4, -0.2) is 34.0 Å². The number of nitrogens with zero attached hydrogens (tertiary/aromatic N) is 3. The first kappa shape index (κ1) is 15.2. The summed E-state index contributed by atoms with van der Waals surface area (Å²) < 4.78 is 5.40. The minimum atomic E-state index is 0.168. The summed E-state index contributed by atoms with van der Waals surface area (Å²) in [6.45, 7) is 5.61. The lowest BCUT2D eigenvalue weighted by atomic mass is 9.97. The molecule has 0 bridgehead atoms. The van der Waals surface area contributed by atoms with Crippen LogP contribution in [0, 0.1) is 0 Å². The Morgan fingerprint density at radius 3 is 3.09 bits per heavy atom. The van der Waals surface area contributed by atoms with Crippen molar-refractivity contribution in [2.24, 2.45) is 0 Å². The molecule has 1 unspecified atom stereocenters. The molecule has 3 rings (SSSR count). The van der Waals surface area contributed by atoms with Crippen LogP contribution >= 0.6 is 11.3 Å². The Hall–Kier alpha value is -1.69. The number of carbonyl (C=O) groups excluding carboxylic acids is 1. The van der Waals surface area contributed by atoms with Crippen molar-refractivity contribution in [3.8, 4) is 0 Å². The predicted molar refractivity (Wildman–Crippen MR) is 85.0 cm³/mol. The number of aromatic nitrogens is 2. The molecule has 1 aliphatic heterocycles. The third kappa shape index (κ3) is 3.38. The minimum absolute atomic E-state index is 0.168. The van der Waals surface area contributed by atoms with Crippen LogP contribution < -0.4 is 0 Å². The molecule has 22 heavy (non-hydrogen) atoms. The molecule has 6 heteroatoms. The number of carbonyl (C=O) groups is 1. The van der Waals surface area contributed by atoms with E-state index in [1.165, 1.54) is 0 Å². The molecule has 0 N–H and O–H groups in total. The van der Waals surface area contributed by atoms with Gasteiger partial charge in [0, 0.05) is 23.9 Å². The topological polar surface area (TPSA) is 59.2 Å². The van der Waals surface area contributed by atoms with E-state index in [2.05, 4.69) is 10.1 Å². The molecule has 0 radical (unpaired) electrons. The van der Waals surface area contributed by atoms with Gasteiger partial charge in [0.15, 0.2) is 5.82 Å². The van der Waals surface area contributed by atoms with Crippen LogP contribution in [0.2, 0.25) is 0 Å². The number of rotatable bonds is 4. The van der Waals surface area contributed by atoms with Crippen molar-refractivity contribution in [2.75, 3.05) is 13.1 Å². The molecule has 5 nitrogen and oxygen atoms in total. The van der Waals surface area contributed by atoms with Gasteiger partial charge in [0.25, 0.3) is 0 Å². The van der Waals surface area contributed by atoms with E-state index >= 15 is 0 Å². The average Bonchev–Trinajstić information content (AvgIpc) is 3.18. The van der Waals surface area contributed by atoms with Crippen LogP contribution in [0.1, 0.15) is 55.1 Å². The zero-order valence-corrected chi connectivity index (χ0v) is 13.8. The second-order valence-corrected chi connectivity index (χ2v) is 7.11. The Labute approximate surface area is 134 Å². The van der Waals surface area contributed by atoms with E-state index in [9.17, 15) is 4.79 Å². The van der Waals surface area contributed by atoms with E-state index in [0.29, 0.717) is 18.9 Å². The summed E-state index contributed by atoms with van der Waals surface area (Å²) in [6, 6.07) is 4.00. The molecule has 118 valence electrons. The lowest BCUT2D eigenvalue weighted by Crippen LogP contribution is -2.39. The minimum Gasteiger partial charge on any atom is -0.342 e. The fraction of sp³-hybridized carbons (Fsp3) is 0.562. The van der Waals surface area contributed by atoms with E-state index < -0.39 is 0 Å². The maximum atomic E-state index is 12.4. The number of amides is 1. The molecule has 2 aromatic heterocycles. The van der Waals surface area contributed by atoms with Crippen LogP contribution in [0.15, 0.2) is 22.0 Å². The first-order valence-corrected chi connectivity index (χ1v) is 8.65. The first-order valence-electron chi connectivity index (χ1n) is 7.77. The number of hydrogen-bond donors (Lipinski definition) is 0. The van der Waals surface area contributed by atoms with Gasteiger partial charge in [-0.1, -0.05) is 25.1 Å². The summed E-state index contributed by atoms with van der Waals surface area (Å²) in [5.41, 5.74) is 0. The van der Waals surface area contributed by atoms with Gasteiger partial charge in [0.05, 0.1) is 12.3 Å². The van der Waals surface area contributed by atoms with E-state index in [-0.39, 0.29) is 17.7 Å². The molecule has 1 atom stereocenters. The van der Waals surface area contributed by atoms with Crippen molar-refractivity contribution < 1.29 is 9.32 Å². The van der Waals surface area contributed by atoms with Crippen molar-refractivity contribution in [1.29, 1.82) is 0 Å². The summed E-state index contributed by atoms with van der Waals surface area (Å²) in [5.74, 6) is 2.05. The second-order valence-electron chi connectivity index (χ2n) is 6.08. The highest BCUT2D eigenvalue weighted by atomic mass is 32.1. The molecule has 0 saturated carbocycles. The highest BCUT2D eigenvalue weighted by molar-refractivity contribution is 7.10. The Morgan fingerprint density at radius 2 is 2.41 bits per heavy atom. The van der Waals surface area contributed by atoms with E-state index in [1.54, 1.807) is 11.3 Å². The highest BCUT2D eigenvalue weighted by Crippen LogP contribution is 2.27. The molecular formula is C16H21N3O2S. The summed E-state index contributed by atoms with van der Waals surface area (Å²) in [7, 11) is 0. The van der Waals surface area contributed by atoms with Crippen LogP contribution in [0.3, 0.4) is 0 Å². The summed E-state index contributed by atoms with van der Waals surface area (Å²) >= 11 is 1.63. The van der Waals surface area contributed by atoms with Gasteiger partial charge in [-0.25, -0.2) is 0 Å². The third-order valence-electron chi connectivity index (χ3n) is 4.00. The quantitative estimate of drug-likeness (QED) is 0.868. The van der Waals surface area contributed by atoms with Gasteiger partial charge >= 0.3 is 0 Å². The molecule has 3 heterocycles. The Kier molecular flexibility index (Phi) is 4.57. The molecular weight excluding hydrogens is 298 g/mol. The Morgan fingerprint density at radius 1 is 1.55 bits per heavy atom. The van der Waals surface area contributed by atoms with E-state index in [1.807, 2.05) is 36.3 Å². The molecule has 1 fully saturated rings. The lowest BCUT2D eigenvalue weighted by Gasteiger charge is -2.31. The average molecular weight is 319 g/mol. The molecule has 0 aliphatic carbocycles. The highest BCUT2D eigenvalue weighted by Gasteiger charge is 2.28. The number of hydrogen-bond acceptors (Lipinski definition) is 5. The Bertz CT molecular complexity index is 621. The fourth-order valence-electron chi connectivity index (χ4n) is 2.73.